The van der Waals surface area contributed by atoms with Gasteiger partial charge in [-0.15, -0.1) is 0 Å². The number of amides is 1. The second kappa shape index (κ2) is 8.18. The molecule has 3 aromatic rings. The number of hydrogen-bond donors (Lipinski definition) is 2. The molecule has 0 aliphatic carbocycles. The van der Waals surface area contributed by atoms with Crippen LogP contribution in [-0.4, -0.2) is 15.9 Å². The van der Waals surface area contributed by atoms with Crippen molar-refractivity contribution >= 4 is 29.0 Å². The normalized spacial score (nSPS) is 11.7. The zero-order chi connectivity index (χ0) is 19.4. The third-order valence-corrected chi connectivity index (χ3v) is 4.57. The Hall–Kier alpha value is -2.92. The van der Waals surface area contributed by atoms with Crippen molar-refractivity contribution < 1.29 is 4.79 Å². The molecule has 27 heavy (non-hydrogen) atoms. The van der Waals surface area contributed by atoms with E-state index in [0.717, 1.165) is 11.1 Å². The van der Waals surface area contributed by atoms with Crippen LogP contribution in [0.3, 0.4) is 0 Å². The Morgan fingerprint density at radius 2 is 1.78 bits per heavy atom. The van der Waals surface area contributed by atoms with Gasteiger partial charge in [0.15, 0.2) is 0 Å². The quantitative estimate of drug-likeness (QED) is 0.640. The van der Waals surface area contributed by atoms with Gasteiger partial charge in [0.2, 0.25) is 0 Å². The summed E-state index contributed by atoms with van der Waals surface area (Å²) in [4.78, 5) is 21.2. The minimum absolute atomic E-state index is 0.0484. The van der Waals surface area contributed by atoms with E-state index in [0.29, 0.717) is 28.0 Å². The molecule has 138 valence electrons. The maximum absolute atomic E-state index is 12.6. The Kier molecular flexibility index (Phi) is 5.72. The van der Waals surface area contributed by atoms with Gasteiger partial charge < -0.3 is 10.6 Å². The fourth-order valence-corrected chi connectivity index (χ4v) is 2.85. The molecule has 2 N–H and O–H groups in total. The van der Waals surface area contributed by atoms with Gasteiger partial charge in [-0.05, 0) is 44.0 Å². The van der Waals surface area contributed by atoms with E-state index in [4.69, 9.17) is 11.6 Å². The Morgan fingerprint density at radius 3 is 2.48 bits per heavy atom. The highest BCUT2D eigenvalue weighted by Gasteiger charge is 2.13. The van der Waals surface area contributed by atoms with Gasteiger partial charge in [0, 0.05) is 22.8 Å². The summed E-state index contributed by atoms with van der Waals surface area (Å²) in [6.45, 7) is 5.71. The van der Waals surface area contributed by atoms with Crippen molar-refractivity contribution in [3.63, 3.8) is 0 Å². The lowest BCUT2D eigenvalue weighted by atomic mass is 10.1. The number of benzene rings is 2. The maximum atomic E-state index is 12.6. The van der Waals surface area contributed by atoms with E-state index < -0.39 is 0 Å². The number of aromatic nitrogens is 2. The molecule has 0 aliphatic heterocycles. The van der Waals surface area contributed by atoms with Crippen molar-refractivity contribution in [2.24, 2.45) is 0 Å². The van der Waals surface area contributed by atoms with Crippen LogP contribution in [0, 0.1) is 13.8 Å². The van der Waals surface area contributed by atoms with E-state index >= 15 is 0 Å². The van der Waals surface area contributed by atoms with Crippen LogP contribution in [0.4, 0.5) is 11.5 Å². The van der Waals surface area contributed by atoms with Crippen LogP contribution in [0.2, 0.25) is 5.02 Å². The van der Waals surface area contributed by atoms with E-state index in [1.54, 1.807) is 19.1 Å². The molecule has 3 rings (SSSR count). The molecule has 0 aliphatic rings. The van der Waals surface area contributed by atoms with E-state index in [9.17, 15) is 4.79 Å². The summed E-state index contributed by atoms with van der Waals surface area (Å²) in [6, 6.07) is 17.1. The van der Waals surface area contributed by atoms with Crippen LogP contribution < -0.4 is 10.6 Å². The first kappa shape index (κ1) is 18.9. The minimum atomic E-state index is -0.309. The van der Waals surface area contributed by atoms with Gasteiger partial charge in [-0.25, -0.2) is 9.97 Å². The van der Waals surface area contributed by atoms with Crippen LogP contribution >= 0.6 is 11.6 Å². The number of nitrogens with zero attached hydrogens (tertiary/aromatic N) is 2. The molecule has 0 saturated carbocycles. The van der Waals surface area contributed by atoms with Crippen molar-refractivity contribution in [3.8, 4) is 0 Å². The molecule has 1 atom stereocenters. The monoisotopic (exact) mass is 380 g/mol. The summed E-state index contributed by atoms with van der Waals surface area (Å²) in [5, 5.41) is 6.75. The number of anilines is 2. The predicted molar refractivity (Wildman–Crippen MR) is 109 cm³/mol. The van der Waals surface area contributed by atoms with Crippen molar-refractivity contribution in [1.29, 1.82) is 0 Å². The highest BCUT2D eigenvalue weighted by Crippen LogP contribution is 2.21. The fourth-order valence-electron chi connectivity index (χ4n) is 2.67. The standard InChI is InChI=1S/C21H21ClN4O/c1-13-9-10-17(11-18(13)22)26-21(27)19-12-20(25-15(3)24-19)23-14(2)16-7-5-4-6-8-16/h4-12,14H,1-3H3,(H,26,27)(H,23,24,25). The van der Waals surface area contributed by atoms with Crippen LogP contribution in [-0.2, 0) is 0 Å². The highest BCUT2D eigenvalue weighted by atomic mass is 35.5. The Balaban J connectivity index is 1.78. The molecule has 2 aromatic carbocycles. The number of hydrogen-bond acceptors (Lipinski definition) is 4. The minimum Gasteiger partial charge on any atom is -0.363 e. The average molecular weight is 381 g/mol. The Bertz CT molecular complexity index is 960. The number of carbonyl (C=O) groups excluding carboxylic acids is 1. The first-order chi connectivity index (χ1) is 12.9. The van der Waals surface area contributed by atoms with E-state index in [1.807, 2.05) is 56.3 Å². The molecule has 5 nitrogen and oxygen atoms in total. The van der Waals surface area contributed by atoms with E-state index in [1.165, 1.54) is 0 Å². The lowest BCUT2D eigenvalue weighted by Crippen LogP contribution is -2.16. The maximum Gasteiger partial charge on any atom is 0.274 e. The molecular formula is C21H21ClN4O. The molecular weight excluding hydrogens is 360 g/mol. The number of aryl methyl sites for hydroxylation is 2. The molecule has 0 spiro atoms. The summed E-state index contributed by atoms with van der Waals surface area (Å²) in [5.74, 6) is 0.814. The van der Waals surface area contributed by atoms with Crippen LogP contribution in [0.1, 0.15) is 40.4 Å². The van der Waals surface area contributed by atoms with Gasteiger partial charge in [0.1, 0.15) is 17.3 Å². The number of nitrogens with one attached hydrogen (secondary N) is 2. The molecule has 6 heteroatoms. The fraction of sp³-hybridized carbons (Fsp3) is 0.190. The lowest BCUT2D eigenvalue weighted by Gasteiger charge is -2.16. The van der Waals surface area contributed by atoms with Gasteiger partial charge in [0.05, 0.1) is 0 Å². The van der Waals surface area contributed by atoms with Crippen LogP contribution in [0.15, 0.2) is 54.6 Å². The van der Waals surface area contributed by atoms with Gasteiger partial charge in [0.25, 0.3) is 5.91 Å². The average Bonchev–Trinajstić information content (AvgIpc) is 2.65. The summed E-state index contributed by atoms with van der Waals surface area (Å²) in [5.41, 5.74) is 3.00. The zero-order valence-corrected chi connectivity index (χ0v) is 16.2. The van der Waals surface area contributed by atoms with Gasteiger partial charge in [-0.3, -0.25) is 4.79 Å². The summed E-state index contributed by atoms with van der Waals surface area (Å²) >= 11 is 6.12. The topological polar surface area (TPSA) is 66.9 Å². The molecule has 1 unspecified atom stereocenters. The summed E-state index contributed by atoms with van der Waals surface area (Å²) in [7, 11) is 0. The summed E-state index contributed by atoms with van der Waals surface area (Å²) < 4.78 is 0. The predicted octanol–water partition coefficient (Wildman–Crippen LogP) is 5.17. The second-order valence-corrected chi connectivity index (χ2v) is 6.79. The van der Waals surface area contributed by atoms with E-state index in [2.05, 4.69) is 20.6 Å². The molecule has 0 saturated heterocycles. The van der Waals surface area contributed by atoms with Gasteiger partial charge >= 0.3 is 0 Å². The van der Waals surface area contributed by atoms with Crippen molar-refractivity contribution in [3.05, 3.63) is 82.3 Å². The third kappa shape index (κ3) is 4.83. The molecule has 1 amide bonds. The van der Waals surface area contributed by atoms with Crippen LogP contribution in [0.5, 0.6) is 0 Å². The largest absolute Gasteiger partial charge is 0.363 e. The molecule has 0 fully saturated rings. The molecule has 0 radical (unpaired) electrons. The Morgan fingerprint density at radius 1 is 1.04 bits per heavy atom. The molecule has 1 heterocycles. The first-order valence-corrected chi connectivity index (χ1v) is 9.05. The van der Waals surface area contributed by atoms with Gasteiger partial charge in [-0.2, -0.15) is 0 Å². The number of carbonyl (C=O) groups is 1. The SMILES string of the molecule is Cc1nc(NC(C)c2ccccc2)cc(C(=O)Nc2ccc(C)c(Cl)c2)n1. The number of rotatable bonds is 5. The molecule has 1 aromatic heterocycles. The molecule has 0 bridgehead atoms. The van der Waals surface area contributed by atoms with E-state index in [-0.39, 0.29) is 11.9 Å². The van der Waals surface area contributed by atoms with Gasteiger partial charge in [-0.1, -0.05) is 48.0 Å². The first-order valence-electron chi connectivity index (χ1n) is 8.67. The summed E-state index contributed by atoms with van der Waals surface area (Å²) in [6.07, 6.45) is 0. The Labute approximate surface area is 163 Å². The highest BCUT2D eigenvalue weighted by molar-refractivity contribution is 6.31. The third-order valence-electron chi connectivity index (χ3n) is 4.16. The second-order valence-electron chi connectivity index (χ2n) is 6.38. The lowest BCUT2D eigenvalue weighted by molar-refractivity contribution is 0.102. The van der Waals surface area contributed by atoms with Crippen LogP contribution in [0.25, 0.3) is 0 Å². The van der Waals surface area contributed by atoms with Crippen molar-refractivity contribution in [1.82, 2.24) is 9.97 Å². The smallest absolute Gasteiger partial charge is 0.274 e. The number of halogens is 1. The van der Waals surface area contributed by atoms with Crippen molar-refractivity contribution in [2.75, 3.05) is 10.6 Å². The van der Waals surface area contributed by atoms with Crippen molar-refractivity contribution in [2.45, 2.75) is 26.8 Å². The zero-order valence-electron chi connectivity index (χ0n) is 15.5.